The number of hydrogen-bond acceptors (Lipinski definition) is 5. The van der Waals surface area contributed by atoms with Crippen LogP contribution < -0.4 is 5.32 Å². The van der Waals surface area contributed by atoms with E-state index in [4.69, 9.17) is 9.15 Å². The van der Waals surface area contributed by atoms with Crippen molar-refractivity contribution in [1.29, 1.82) is 0 Å². The van der Waals surface area contributed by atoms with Crippen LogP contribution in [0.25, 0.3) is 10.8 Å². The third-order valence-corrected chi connectivity index (χ3v) is 4.85. The summed E-state index contributed by atoms with van der Waals surface area (Å²) in [5.74, 6) is 2.32. The largest absolute Gasteiger partial charge is 0.443 e. The van der Waals surface area contributed by atoms with Gasteiger partial charge in [0, 0.05) is 26.7 Å². The average molecular weight is 362 g/mol. The smallest absolute Gasteiger partial charge is 0.236 e. The first-order valence-corrected chi connectivity index (χ1v) is 9.69. The number of aromatic nitrogens is 1. The van der Waals surface area contributed by atoms with Crippen molar-refractivity contribution in [3.05, 3.63) is 29.5 Å². The summed E-state index contributed by atoms with van der Waals surface area (Å²) >= 11 is 1.62. The van der Waals surface area contributed by atoms with Crippen LogP contribution in [0.2, 0.25) is 0 Å². The molecule has 1 fully saturated rings. The molecule has 1 aliphatic rings. The summed E-state index contributed by atoms with van der Waals surface area (Å²) in [5, 5.41) is 5.33. The van der Waals surface area contributed by atoms with Crippen molar-refractivity contribution in [2.24, 2.45) is 10.9 Å². The second-order valence-corrected chi connectivity index (χ2v) is 7.18. The summed E-state index contributed by atoms with van der Waals surface area (Å²) in [5.41, 5.74) is 0.831. The van der Waals surface area contributed by atoms with Crippen molar-refractivity contribution >= 4 is 17.3 Å². The number of rotatable bonds is 9. The van der Waals surface area contributed by atoms with Gasteiger partial charge in [-0.05, 0) is 37.1 Å². The zero-order valence-corrected chi connectivity index (χ0v) is 15.7. The molecule has 0 bridgehead atoms. The highest BCUT2D eigenvalue weighted by molar-refractivity contribution is 7.13. The summed E-state index contributed by atoms with van der Waals surface area (Å²) in [6, 6.07) is 3.99. The highest BCUT2D eigenvalue weighted by atomic mass is 32.1. The molecule has 6 nitrogen and oxygen atoms in total. The van der Waals surface area contributed by atoms with E-state index in [0.29, 0.717) is 12.4 Å². The van der Waals surface area contributed by atoms with Gasteiger partial charge in [-0.3, -0.25) is 0 Å². The van der Waals surface area contributed by atoms with Crippen molar-refractivity contribution in [2.75, 3.05) is 33.4 Å². The summed E-state index contributed by atoms with van der Waals surface area (Å²) in [4.78, 5) is 12.3. The number of hydrogen-bond donors (Lipinski definition) is 1. The fraction of sp³-hybridized carbons (Fsp3) is 0.556. The second kappa shape index (κ2) is 9.01. The molecule has 0 amide bonds. The van der Waals surface area contributed by atoms with Gasteiger partial charge in [0.2, 0.25) is 5.89 Å². The molecule has 136 valence electrons. The van der Waals surface area contributed by atoms with E-state index >= 15 is 0 Å². The predicted octanol–water partition coefficient (Wildman–Crippen LogP) is 3.23. The molecular formula is C18H26N4O2S. The van der Waals surface area contributed by atoms with Crippen molar-refractivity contribution in [3.8, 4) is 10.8 Å². The van der Waals surface area contributed by atoms with Crippen LogP contribution in [0.5, 0.6) is 0 Å². The Morgan fingerprint density at radius 2 is 2.40 bits per heavy atom. The first kappa shape index (κ1) is 17.9. The van der Waals surface area contributed by atoms with E-state index in [-0.39, 0.29) is 0 Å². The standard InChI is InChI=1S/C18H26N4O2S/c1-3-19-18(22(2)8-9-23-12-14-6-7-14)20-11-15-13-24-17(21-15)16-5-4-10-25-16/h4-5,10,13-14H,3,6-9,11-12H2,1-2H3,(H,19,20). The fourth-order valence-electron chi connectivity index (χ4n) is 2.36. The maximum Gasteiger partial charge on any atom is 0.236 e. The SMILES string of the molecule is CCNC(=NCc1coc(-c2cccs2)n1)N(C)CCOCC1CC1. The lowest BCUT2D eigenvalue weighted by Gasteiger charge is -2.21. The third kappa shape index (κ3) is 5.57. The van der Waals surface area contributed by atoms with E-state index < -0.39 is 0 Å². The van der Waals surface area contributed by atoms with Crippen LogP contribution in [0.1, 0.15) is 25.5 Å². The zero-order chi connectivity index (χ0) is 17.5. The quantitative estimate of drug-likeness (QED) is 0.421. The molecule has 0 aliphatic heterocycles. The predicted molar refractivity (Wildman–Crippen MR) is 101 cm³/mol. The molecule has 1 saturated carbocycles. The summed E-state index contributed by atoms with van der Waals surface area (Å²) in [6.45, 7) is 5.82. The number of oxazole rings is 1. The van der Waals surface area contributed by atoms with Crippen molar-refractivity contribution in [3.63, 3.8) is 0 Å². The van der Waals surface area contributed by atoms with Gasteiger partial charge >= 0.3 is 0 Å². The molecule has 25 heavy (non-hydrogen) atoms. The molecule has 2 heterocycles. The van der Waals surface area contributed by atoms with E-state index in [1.807, 2.05) is 24.6 Å². The maximum absolute atomic E-state index is 5.71. The first-order chi connectivity index (χ1) is 12.3. The fourth-order valence-corrected chi connectivity index (χ4v) is 3.02. The molecule has 7 heteroatoms. The molecule has 1 aliphatic carbocycles. The van der Waals surface area contributed by atoms with Gasteiger partial charge in [0.15, 0.2) is 5.96 Å². The van der Waals surface area contributed by atoms with Gasteiger partial charge in [-0.2, -0.15) is 0 Å². The van der Waals surface area contributed by atoms with Gasteiger partial charge in [-0.1, -0.05) is 6.07 Å². The Bertz CT molecular complexity index is 664. The zero-order valence-electron chi connectivity index (χ0n) is 14.9. The van der Waals surface area contributed by atoms with Gasteiger partial charge < -0.3 is 19.4 Å². The molecule has 3 rings (SSSR count). The van der Waals surface area contributed by atoms with Gasteiger partial charge in [0.25, 0.3) is 0 Å². The normalized spacial score (nSPS) is 14.7. The highest BCUT2D eigenvalue weighted by Gasteiger charge is 2.21. The second-order valence-electron chi connectivity index (χ2n) is 6.23. The number of guanidine groups is 1. The third-order valence-electron chi connectivity index (χ3n) is 3.99. The van der Waals surface area contributed by atoms with E-state index in [1.165, 1.54) is 12.8 Å². The molecule has 0 unspecified atom stereocenters. The minimum atomic E-state index is 0.491. The molecular weight excluding hydrogens is 336 g/mol. The van der Waals surface area contributed by atoms with Crippen LogP contribution >= 0.6 is 11.3 Å². The van der Waals surface area contributed by atoms with Crippen molar-refractivity contribution < 1.29 is 9.15 Å². The van der Waals surface area contributed by atoms with Gasteiger partial charge in [-0.15, -0.1) is 11.3 Å². The molecule has 0 saturated heterocycles. The Kier molecular flexibility index (Phi) is 6.47. The molecule has 0 spiro atoms. The summed E-state index contributed by atoms with van der Waals surface area (Å²) < 4.78 is 11.3. The van der Waals surface area contributed by atoms with Gasteiger partial charge in [0.05, 0.1) is 18.0 Å². The Morgan fingerprint density at radius 3 is 3.12 bits per heavy atom. The van der Waals surface area contributed by atoms with Crippen LogP contribution in [0.3, 0.4) is 0 Å². The number of aliphatic imine (C=N–C) groups is 1. The number of likely N-dealkylation sites (N-methyl/N-ethyl adjacent to an activating group) is 1. The van der Waals surface area contributed by atoms with E-state index in [9.17, 15) is 0 Å². The molecule has 1 N–H and O–H groups in total. The minimum absolute atomic E-state index is 0.491. The molecule has 2 aromatic heterocycles. The van der Waals surface area contributed by atoms with Crippen LogP contribution in [0.15, 0.2) is 33.2 Å². The lowest BCUT2D eigenvalue weighted by atomic mass is 10.4. The lowest BCUT2D eigenvalue weighted by molar-refractivity contribution is 0.115. The lowest BCUT2D eigenvalue weighted by Crippen LogP contribution is -2.40. The van der Waals surface area contributed by atoms with Crippen LogP contribution in [-0.4, -0.2) is 49.2 Å². The van der Waals surface area contributed by atoms with E-state index in [0.717, 1.165) is 48.8 Å². The summed E-state index contributed by atoms with van der Waals surface area (Å²) in [6.07, 6.45) is 4.33. The number of nitrogens with one attached hydrogen (secondary N) is 1. The average Bonchev–Trinajstić information content (AvgIpc) is 3.09. The number of thiophene rings is 1. The molecule has 0 aromatic carbocycles. The monoisotopic (exact) mass is 362 g/mol. The Balaban J connectivity index is 1.51. The molecule has 0 atom stereocenters. The maximum atomic E-state index is 5.71. The Labute approximate surface area is 152 Å². The molecule has 0 radical (unpaired) electrons. The first-order valence-electron chi connectivity index (χ1n) is 8.81. The number of nitrogens with zero attached hydrogens (tertiary/aromatic N) is 3. The van der Waals surface area contributed by atoms with E-state index in [2.05, 4.69) is 27.1 Å². The summed E-state index contributed by atoms with van der Waals surface area (Å²) in [7, 11) is 2.03. The van der Waals surface area contributed by atoms with Gasteiger partial charge in [-0.25, -0.2) is 9.98 Å². The van der Waals surface area contributed by atoms with E-state index in [1.54, 1.807) is 17.6 Å². The highest BCUT2D eigenvalue weighted by Crippen LogP contribution is 2.28. The Morgan fingerprint density at radius 1 is 1.52 bits per heavy atom. The minimum Gasteiger partial charge on any atom is -0.443 e. The Hall–Kier alpha value is -1.86. The van der Waals surface area contributed by atoms with Crippen LogP contribution in [0.4, 0.5) is 0 Å². The van der Waals surface area contributed by atoms with Crippen LogP contribution in [-0.2, 0) is 11.3 Å². The van der Waals surface area contributed by atoms with Crippen LogP contribution in [0, 0.1) is 5.92 Å². The van der Waals surface area contributed by atoms with Crippen molar-refractivity contribution in [1.82, 2.24) is 15.2 Å². The molecule has 2 aromatic rings. The number of ether oxygens (including phenoxy) is 1. The topological polar surface area (TPSA) is 62.9 Å². The van der Waals surface area contributed by atoms with Crippen molar-refractivity contribution in [2.45, 2.75) is 26.3 Å². The van der Waals surface area contributed by atoms with Gasteiger partial charge in [0.1, 0.15) is 12.0 Å².